The topological polar surface area (TPSA) is 3.24 Å². The molecule has 2 aliphatic rings. The lowest BCUT2D eigenvalue weighted by molar-refractivity contribution is 0.0284. The van der Waals surface area contributed by atoms with Crippen molar-refractivity contribution in [1.82, 2.24) is 3.11 Å². The van der Waals surface area contributed by atoms with Gasteiger partial charge in [0.25, 0.3) is 0 Å². The molecule has 0 bridgehead atoms. The van der Waals surface area contributed by atoms with Crippen LogP contribution in [0.25, 0.3) is 0 Å². The van der Waals surface area contributed by atoms with Gasteiger partial charge in [-0.05, 0) is 37.5 Å². The van der Waals surface area contributed by atoms with Crippen LogP contribution in [0.3, 0.4) is 0 Å². The van der Waals surface area contributed by atoms with Crippen LogP contribution >= 0.6 is 22.9 Å². The van der Waals surface area contributed by atoms with Crippen molar-refractivity contribution in [3.05, 3.63) is 0 Å². The average Bonchev–Trinajstić information content (AvgIpc) is 2.19. The lowest BCUT2D eigenvalue weighted by atomic mass is 9.67. The van der Waals surface area contributed by atoms with E-state index in [9.17, 15) is 0 Å². The number of piperidine rings is 1. The molecular weight excluding hydrogens is 297 g/mol. The molecule has 1 saturated heterocycles. The van der Waals surface area contributed by atoms with Crippen LogP contribution in [0, 0.1) is 17.8 Å². The van der Waals surface area contributed by atoms with Crippen LogP contribution < -0.4 is 0 Å². The number of nitrogens with zero attached hydrogens (tertiary/aromatic N) is 1. The van der Waals surface area contributed by atoms with Crippen molar-refractivity contribution in [3.63, 3.8) is 0 Å². The number of hydrogen-bond donors (Lipinski definition) is 0. The Morgan fingerprint density at radius 3 is 2.40 bits per heavy atom. The summed E-state index contributed by atoms with van der Waals surface area (Å²) >= 11 is 2.57. The highest BCUT2D eigenvalue weighted by molar-refractivity contribution is 14.1. The number of hydrogen-bond acceptors (Lipinski definition) is 1. The Morgan fingerprint density at radius 2 is 1.80 bits per heavy atom. The minimum atomic E-state index is 0.444. The summed E-state index contributed by atoms with van der Waals surface area (Å²) in [5, 5.41) is 0. The Hall–Kier alpha value is 0.690. The molecule has 0 aromatic carbocycles. The molecule has 2 rings (SSSR count). The third-order valence-electron chi connectivity index (χ3n) is 4.93. The van der Waals surface area contributed by atoms with E-state index in [1.807, 2.05) is 0 Å². The molecule has 2 heteroatoms. The molecule has 0 amide bonds. The summed E-state index contributed by atoms with van der Waals surface area (Å²) in [6, 6.07) is 0. The van der Waals surface area contributed by atoms with Crippen LogP contribution in [0.5, 0.6) is 0 Å². The second-order valence-corrected chi connectivity index (χ2v) is 7.23. The predicted octanol–water partition coefficient (Wildman–Crippen LogP) is 4.26. The zero-order valence-electron chi connectivity index (χ0n) is 10.3. The van der Waals surface area contributed by atoms with Gasteiger partial charge in [-0.2, -0.15) is 0 Å². The standard InChI is InChI=1S/C13H24IN/c1-10(2)13(3)8-11-6-4-5-7-12(11)9-15(13)14/h10-12H,4-9H2,1-3H3/t11-,12+,13?/m0/s1. The van der Waals surface area contributed by atoms with Crippen molar-refractivity contribution >= 4 is 22.9 Å². The summed E-state index contributed by atoms with van der Waals surface area (Å²) in [5.74, 6) is 2.80. The maximum atomic E-state index is 2.61. The van der Waals surface area contributed by atoms with Gasteiger partial charge in [0.05, 0.1) is 0 Å². The van der Waals surface area contributed by atoms with E-state index in [0.717, 1.165) is 17.8 Å². The number of rotatable bonds is 1. The lowest BCUT2D eigenvalue weighted by Gasteiger charge is -2.52. The van der Waals surface area contributed by atoms with Crippen LogP contribution in [-0.2, 0) is 0 Å². The zero-order chi connectivity index (χ0) is 11.1. The fourth-order valence-corrected chi connectivity index (χ4v) is 4.61. The second-order valence-electron chi connectivity index (χ2n) is 6.07. The molecule has 1 unspecified atom stereocenters. The van der Waals surface area contributed by atoms with Crippen LogP contribution in [-0.4, -0.2) is 15.2 Å². The molecule has 2 fully saturated rings. The first-order valence-electron chi connectivity index (χ1n) is 6.47. The molecule has 0 aromatic heterocycles. The third kappa shape index (κ3) is 2.21. The molecular formula is C13H24IN. The second kappa shape index (κ2) is 4.52. The maximum Gasteiger partial charge on any atom is 0.0302 e. The molecule has 1 saturated carbocycles. The van der Waals surface area contributed by atoms with Gasteiger partial charge in [-0.3, -0.25) is 0 Å². The van der Waals surface area contributed by atoms with Gasteiger partial charge < -0.3 is 0 Å². The van der Waals surface area contributed by atoms with E-state index in [-0.39, 0.29) is 0 Å². The van der Waals surface area contributed by atoms with Gasteiger partial charge in [0.15, 0.2) is 0 Å². The Bertz CT molecular complexity index is 229. The summed E-state index contributed by atoms with van der Waals surface area (Å²) in [7, 11) is 0. The van der Waals surface area contributed by atoms with Crippen LogP contribution in [0.15, 0.2) is 0 Å². The Balaban J connectivity index is 2.11. The lowest BCUT2D eigenvalue weighted by Crippen LogP contribution is -2.54. The number of halogens is 1. The van der Waals surface area contributed by atoms with Gasteiger partial charge in [-0.25, -0.2) is 3.11 Å². The summed E-state index contributed by atoms with van der Waals surface area (Å²) in [5.41, 5.74) is 0.444. The first-order chi connectivity index (χ1) is 7.04. The molecule has 3 atom stereocenters. The van der Waals surface area contributed by atoms with E-state index in [0.29, 0.717) is 5.54 Å². The molecule has 0 spiro atoms. The number of fused-ring (bicyclic) bond motifs is 1. The summed E-state index contributed by atoms with van der Waals surface area (Å²) in [4.78, 5) is 0. The molecule has 0 N–H and O–H groups in total. The first-order valence-corrected chi connectivity index (χ1v) is 7.44. The van der Waals surface area contributed by atoms with Crippen molar-refractivity contribution in [3.8, 4) is 0 Å². The van der Waals surface area contributed by atoms with Gasteiger partial charge in [0.1, 0.15) is 0 Å². The Morgan fingerprint density at radius 1 is 1.20 bits per heavy atom. The van der Waals surface area contributed by atoms with Crippen LogP contribution in [0.4, 0.5) is 0 Å². The highest BCUT2D eigenvalue weighted by atomic mass is 127. The smallest absolute Gasteiger partial charge is 0.0302 e. The molecule has 88 valence electrons. The van der Waals surface area contributed by atoms with E-state index in [4.69, 9.17) is 0 Å². The minimum Gasteiger partial charge on any atom is -0.241 e. The largest absolute Gasteiger partial charge is 0.241 e. The van der Waals surface area contributed by atoms with Crippen molar-refractivity contribution in [2.24, 2.45) is 17.8 Å². The summed E-state index contributed by atoms with van der Waals surface area (Å²) < 4.78 is 2.61. The van der Waals surface area contributed by atoms with Gasteiger partial charge >= 0.3 is 0 Å². The summed E-state index contributed by atoms with van der Waals surface area (Å²) in [6.07, 6.45) is 7.37. The van der Waals surface area contributed by atoms with Crippen molar-refractivity contribution in [1.29, 1.82) is 0 Å². The van der Waals surface area contributed by atoms with Gasteiger partial charge in [0.2, 0.25) is 0 Å². The van der Waals surface area contributed by atoms with E-state index >= 15 is 0 Å². The molecule has 1 aliphatic heterocycles. The minimum absolute atomic E-state index is 0.444. The normalized spacial score (nSPS) is 43.0. The van der Waals surface area contributed by atoms with Crippen LogP contribution in [0.1, 0.15) is 52.9 Å². The average molecular weight is 321 g/mol. The fraction of sp³-hybridized carbons (Fsp3) is 1.00. The molecule has 0 aromatic rings. The van der Waals surface area contributed by atoms with E-state index in [1.54, 1.807) is 0 Å². The first kappa shape index (κ1) is 12.2. The highest BCUT2D eigenvalue weighted by Gasteiger charge is 2.44. The molecule has 15 heavy (non-hydrogen) atoms. The highest BCUT2D eigenvalue weighted by Crippen LogP contribution is 2.46. The van der Waals surface area contributed by atoms with E-state index in [1.165, 1.54) is 38.6 Å². The fourth-order valence-electron chi connectivity index (χ4n) is 3.35. The Kier molecular flexibility index (Phi) is 3.66. The van der Waals surface area contributed by atoms with Gasteiger partial charge in [-0.1, -0.05) is 33.1 Å². The zero-order valence-corrected chi connectivity index (χ0v) is 12.5. The van der Waals surface area contributed by atoms with E-state index in [2.05, 4.69) is 46.7 Å². The van der Waals surface area contributed by atoms with Crippen molar-refractivity contribution < 1.29 is 0 Å². The quantitative estimate of drug-likeness (QED) is 0.515. The summed E-state index contributed by atoms with van der Waals surface area (Å²) in [6.45, 7) is 8.57. The predicted molar refractivity (Wildman–Crippen MR) is 74.0 cm³/mol. The third-order valence-corrected chi connectivity index (χ3v) is 6.43. The maximum absolute atomic E-state index is 2.61. The van der Waals surface area contributed by atoms with E-state index < -0.39 is 0 Å². The monoisotopic (exact) mass is 321 g/mol. The molecule has 1 aliphatic carbocycles. The molecule has 1 heterocycles. The Labute approximate surface area is 108 Å². The van der Waals surface area contributed by atoms with Crippen molar-refractivity contribution in [2.75, 3.05) is 6.54 Å². The molecule has 1 nitrogen and oxygen atoms in total. The van der Waals surface area contributed by atoms with Crippen molar-refractivity contribution in [2.45, 2.75) is 58.4 Å². The van der Waals surface area contributed by atoms with Crippen LogP contribution in [0.2, 0.25) is 0 Å². The molecule has 0 radical (unpaired) electrons. The SMILES string of the molecule is CC(C)C1(C)C[C@@H]2CCCC[C@@H]2CN1I. The van der Waals surface area contributed by atoms with Gasteiger partial charge in [-0.15, -0.1) is 0 Å². The van der Waals surface area contributed by atoms with Gasteiger partial charge in [0, 0.05) is 34.9 Å².